The fraction of sp³-hybridized carbons (Fsp3) is 0.417. The molecule has 0 aliphatic carbocycles. The molecule has 1 rings (SSSR count). The lowest BCUT2D eigenvalue weighted by molar-refractivity contribution is 0.417. The first-order valence-corrected chi connectivity index (χ1v) is 5.65. The average molecular weight is 256 g/mol. The van der Waals surface area contributed by atoms with Crippen molar-refractivity contribution in [3.05, 3.63) is 23.2 Å². The van der Waals surface area contributed by atoms with Gasteiger partial charge in [0.05, 0.1) is 18.3 Å². The minimum Gasteiger partial charge on any atom is -0.495 e. The van der Waals surface area contributed by atoms with Gasteiger partial charge in [-0.2, -0.15) is 0 Å². The number of nitrogens with zero attached hydrogens (tertiary/aromatic N) is 1. The highest BCUT2D eigenvalue weighted by Gasteiger charge is 2.10. The molecular weight excluding hydrogens is 238 g/mol. The normalized spacial score (nSPS) is 12.4. The summed E-state index contributed by atoms with van der Waals surface area (Å²) in [5, 5.41) is 3.59. The van der Waals surface area contributed by atoms with Crippen LogP contribution in [0.3, 0.4) is 0 Å². The number of rotatable bonds is 2. The zero-order valence-electron chi connectivity index (χ0n) is 10.5. The van der Waals surface area contributed by atoms with Gasteiger partial charge in [0.1, 0.15) is 5.75 Å². The van der Waals surface area contributed by atoms with Crippen molar-refractivity contribution in [2.75, 3.05) is 12.4 Å². The Balaban J connectivity index is 2.95. The van der Waals surface area contributed by atoms with Gasteiger partial charge in [-0.05, 0) is 39.0 Å². The van der Waals surface area contributed by atoms with Crippen LogP contribution in [0.4, 0.5) is 5.69 Å². The second-order valence-electron chi connectivity index (χ2n) is 4.64. The van der Waals surface area contributed by atoms with E-state index in [0.29, 0.717) is 22.4 Å². The molecule has 0 radical (unpaired) electrons. The molecule has 0 saturated heterocycles. The molecule has 17 heavy (non-hydrogen) atoms. The van der Waals surface area contributed by atoms with Gasteiger partial charge in [-0.3, -0.25) is 0 Å². The van der Waals surface area contributed by atoms with E-state index in [0.717, 1.165) is 0 Å². The minimum atomic E-state index is -0.233. The number of hydrogen-bond acceptors (Lipinski definition) is 2. The molecule has 0 aromatic heterocycles. The van der Waals surface area contributed by atoms with Crippen molar-refractivity contribution in [2.24, 2.45) is 10.7 Å². The zero-order chi connectivity index (χ0) is 13.1. The molecule has 0 aliphatic heterocycles. The first-order chi connectivity index (χ1) is 7.81. The van der Waals surface area contributed by atoms with Crippen molar-refractivity contribution in [1.29, 1.82) is 0 Å². The molecule has 0 bridgehead atoms. The van der Waals surface area contributed by atoms with E-state index in [1.807, 2.05) is 20.8 Å². The van der Waals surface area contributed by atoms with Crippen LogP contribution >= 0.6 is 11.6 Å². The highest BCUT2D eigenvalue weighted by molar-refractivity contribution is 6.31. The van der Waals surface area contributed by atoms with Gasteiger partial charge in [0.2, 0.25) is 0 Å². The number of benzene rings is 1. The number of methoxy groups -OCH3 is 1. The molecule has 0 fully saturated rings. The molecule has 0 atom stereocenters. The summed E-state index contributed by atoms with van der Waals surface area (Å²) in [6, 6.07) is 5.27. The lowest BCUT2D eigenvalue weighted by Gasteiger charge is -2.16. The van der Waals surface area contributed by atoms with E-state index in [9.17, 15) is 0 Å². The molecule has 0 heterocycles. The van der Waals surface area contributed by atoms with Gasteiger partial charge in [-0.1, -0.05) is 11.6 Å². The van der Waals surface area contributed by atoms with Gasteiger partial charge in [0, 0.05) is 5.02 Å². The first-order valence-electron chi connectivity index (χ1n) is 5.28. The van der Waals surface area contributed by atoms with Gasteiger partial charge in [-0.25, -0.2) is 4.99 Å². The van der Waals surface area contributed by atoms with Gasteiger partial charge >= 0.3 is 0 Å². The molecule has 0 spiro atoms. The molecule has 0 unspecified atom stereocenters. The number of guanidine groups is 1. The molecule has 1 aromatic rings. The topological polar surface area (TPSA) is 59.6 Å². The van der Waals surface area contributed by atoms with Crippen LogP contribution in [0.1, 0.15) is 20.8 Å². The van der Waals surface area contributed by atoms with Crippen LogP contribution in [0.25, 0.3) is 0 Å². The summed E-state index contributed by atoms with van der Waals surface area (Å²) in [6.45, 7) is 5.91. The Bertz CT molecular complexity index is 424. The minimum absolute atomic E-state index is 0.233. The lowest BCUT2D eigenvalue weighted by Crippen LogP contribution is -2.27. The smallest absolute Gasteiger partial charge is 0.193 e. The standard InChI is InChI=1S/C12H18ClN3O/c1-12(2,3)16-11(14)15-9-7-8(13)5-6-10(9)17-4/h5-7H,1-4H3,(H3,14,15,16). The van der Waals surface area contributed by atoms with Crippen LogP contribution in [0, 0.1) is 0 Å². The van der Waals surface area contributed by atoms with E-state index in [4.69, 9.17) is 22.1 Å². The third-order valence-electron chi connectivity index (χ3n) is 1.88. The highest BCUT2D eigenvalue weighted by atomic mass is 35.5. The molecule has 1 aromatic carbocycles. The van der Waals surface area contributed by atoms with Crippen LogP contribution in [0.5, 0.6) is 5.75 Å². The fourth-order valence-electron chi connectivity index (χ4n) is 1.31. The molecule has 4 nitrogen and oxygen atoms in total. The van der Waals surface area contributed by atoms with Crippen molar-refractivity contribution in [3.8, 4) is 5.75 Å². The van der Waals surface area contributed by atoms with Gasteiger partial charge in [-0.15, -0.1) is 0 Å². The summed E-state index contributed by atoms with van der Waals surface area (Å²) in [7, 11) is 1.59. The molecule has 0 saturated carbocycles. The van der Waals surface area contributed by atoms with Crippen molar-refractivity contribution in [2.45, 2.75) is 26.3 Å². The summed E-state index contributed by atoms with van der Waals surface area (Å²) >= 11 is 5.91. The SMILES string of the molecule is COc1ccc(Cl)cc1NC(N)=NC(C)(C)C. The summed E-state index contributed by atoms with van der Waals surface area (Å²) in [4.78, 5) is 4.29. The van der Waals surface area contributed by atoms with E-state index in [1.54, 1.807) is 25.3 Å². The number of aliphatic imine (C=N–C) groups is 1. The van der Waals surface area contributed by atoms with E-state index >= 15 is 0 Å². The van der Waals surface area contributed by atoms with E-state index in [1.165, 1.54) is 0 Å². The van der Waals surface area contributed by atoms with Gasteiger partial charge in [0.25, 0.3) is 0 Å². The molecular formula is C12H18ClN3O. The third kappa shape index (κ3) is 4.53. The Morgan fingerprint density at radius 1 is 1.41 bits per heavy atom. The predicted octanol–water partition coefficient (Wildman–Crippen LogP) is 2.87. The molecule has 5 heteroatoms. The van der Waals surface area contributed by atoms with Crippen LogP contribution < -0.4 is 15.8 Å². The highest BCUT2D eigenvalue weighted by Crippen LogP contribution is 2.27. The summed E-state index contributed by atoms with van der Waals surface area (Å²) in [5.41, 5.74) is 6.27. The first kappa shape index (κ1) is 13.6. The van der Waals surface area contributed by atoms with Crippen molar-refractivity contribution in [1.82, 2.24) is 0 Å². The lowest BCUT2D eigenvalue weighted by atomic mass is 10.1. The number of nitrogens with two attached hydrogens (primary N) is 1. The molecule has 3 N–H and O–H groups in total. The van der Waals surface area contributed by atoms with Crippen LogP contribution in [0.2, 0.25) is 5.02 Å². The van der Waals surface area contributed by atoms with E-state index in [-0.39, 0.29) is 5.54 Å². The number of anilines is 1. The molecule has 0 aliphatic rings. The number of halogens is 1. The van der Waals surface area contributed by atoms with Crippen LogP contribution in [-0.2, 0) is 0 Å². The van der Waals surface area contributed by atoms with Gasteiger partial charge in [0.15, 0.2) is 5.96 Å². The Morgan fingerprint density at radius 2 is 2.06 bits per heavy atom. The van der Waals surface area contributed by atoms with Crippen molar-refractivity contribution < 1.29 is 4.74 Å². The monoisotopic (exact) mass is 255 g/mol. The summed E-state index contributed by atoms with van der Waals surface area (Å²) in [6.07, 6.45) is 0. The maximum Gasteiger partial charge on any atom is 0.193 e. The third-order valence-corrected chi connectivity index (χ3v) is 2.12. The predicted molar refractivity (Wildman–Crippen MR) is 73.0 cm³/mol. The second-order valence-corrected chi connectivity index (χ2v) is 5.07. The van der Waals surface area contributed by atoms with E-state index in [2.05, 4.69) is 10.3 Å². The summed E-state index contributed by atoms with van der Waals surface area (Å²) in [5.74, 6) is 1.000. The maximum absolute atomic E-state index is 5.91. The van der Waals surface area contributed by atoms with Gasteiger partial charge < -0.3 is 15.8 Å². The summed E-state index contributed by atoms with van der Waals surface area (Å²) < 4.78 is 5.20. The molecule has 0 amide bonds. The Morgan fingerprint density at radius 3 is 2.59 bits per heavy atom. The zero-order valence-corrected chi connectivity index (χ0v) is 11.3. The maximum atomic E-state index is 5.91. The second kappa shape index (κ2) is 5.27. The van der Waals surface area contributed by atoms with Crippen LogP contribution in [-0.4, -0.2) is 18.6 Å². The number of hydrogen-bond donors (Lipinski definition) is 2. The molecule has 94 valence electrons. The Kier molecular flexibility index (Phi) is 4.23. The Hall–Kier alpha value is -1.42. The number of ether oxygens (including phenoxy) is 1. The Labute approximate surface area is 107 Å². The van der Waals surface area contributed by atoms with Crippen LogP contribution in [0.15, 0.2) is 23.2 Å². The number of nitrogens with one attached hydrogen (secondary N) is 1. The van der Waals surface area contributed by atoms with Crippen molar-refractivity contribution in [3.63, 3.8) is 0 Å². The van der Waals surface area contributed by atoms with E-state index < -0.39 is 0 Å². The largest absolute Gasteiger partial charge is 0.495 e. The fourth-order valence-corrected chi connectivity index (χ4v) is 1.48. The van der Waals surface area contributed by atoms with Crippen molar-refractivity contribution >= 4 is 23.2 Å². The average Bonchev–Trinajstić information content (AvgIpc) is 2.14. The quantitative estimate of drug-likeness (QED) is 0.631.